The van der Waals surface area contributed by atoms with Gasteiger partial charge in [-0.25, -0.2) is 0 Å². The van der Waals surface area contributed by atoms with Crippen LogP contribution in [0.2, 0.25) is 14.8 Å². The molecule has 0 fully saturated rings. The van der Waals surface area contributed by atoms with Crippen LogP contribution >= 0.6 is 0 Å². The molecule has 0 saturated carbocycles. The fraction of sp³-hybridized carbons (Fsp3) is 0.750. The Labute approximate surface area is 98.0 Å². The van der Waals surface area contributed by atoms with Gasteiger partial charge in [0.15, 0.2) is 0 Å². The van der Waals surface area contributed by atoms with E-state index in [9.17, 15) is 4.79 Å². The number of hydrogen-bond donors (Lipinski definition) is 0. The summed E-state index contributed by atoms with van der Waals surface area (Å²) in [5.41, 5.74) is 0. The minimum absolute atomic E-state index is 0.176. The normalized spacial score (nSPS) is 11.2. The van der Waals surface area contributed by atoms with Crippen LogP contribution in [0.5, 0.6) is 0 Å². The fourth-order valence-corrected chi connectivity index (χ4v) is 3.85. The van der Waals surface area contributed by atoms with Crippen LogP contribution in [0.25, 0.3) is 0 Å². The topological polar surface area (TPSA) is 26.3 Å². The Morgan fingerprint density at radius 3 is 2.27 bits per heavy atom. The molecule has 0 heterocycles. The number of carbonyl (C=O) groups excluding carboxylic acids is 1. The quantitative estimate of drug-likeness (QED) is 0.408. The van der Waals surface area contributed by atoms with Gasteiger partial charge in [-0.05, 0) is 0 Å². The molecule has 0 N–H and O–H groups in total. The van der Waals surface area contributed by atoms with E-state index in [1.54, 1.807) is 0 Å². The van der Waals surface area contributed by atoms with Crippen LogP contribution in [0.1, 0.15) is 32.6 Å². The van der Waals surface area contributed by atoms with Crippen molar-refractivity contribution >= 4 is 24.3 Å². The third-order valence-corrected chi connectivity index (χ3v) is 9.26. The summed E-state index contributed by atoms with van der Waals surface area (Å²) in [5.74, 6) is -0.176. The molecule has 0 atom stereocenters. The molecule has 0 aliphatic rings. The molecular weight excluding hydrogens is 295 g/mol. The van der Waals surface area contributed by atoms with Crippen molar-refractivity contribution in [1.82, 2.24) is 0 Å². The molecule has 0 aliphatic heterocycles. The summed E-state index contributed by atoms with van der Waals surface area (Å²) in [6, 6.07) is 0. The molecule has 88 valence electrons. The van der Waals surface area contributed by atoms with Gasteiger partial charge in [-0.2, -0.15) is 0 Å². The maximum atomic E-state index is 10.5. The first-order chi connectivity index (χ1) is 6.84. The Morgan fingerprint density at radius 2 is 1.80 bits per heavy atom. The van der Waals surface area contributed by atoms with Gasteiger partial charge in [-0.3, -0.25) is 0 Å². The van der Waals surface area contributed by atoms with E-state index >= 15 is 0 Å². The van der Waals surface area contributed by atoms with E-state index in [1.807, 2.05) is 0 Å². The molecule has 0 saturated heterocycles. The van der Waals surface area contributed by atoms with Crippen LogP contribution in [-0.2, 0) is 9.53 Å². The summed E-state index contributed by atoms with van der Waals surface area (Å²) in [6.07, 6.45) is 4.47. The van der Waals surface area contributed by atoms with Crippen LogP contribution in [0.3, 0.4) is 0 Å². The van der Waals surface area contributed by atoms with Crippen molar-refractivity contribution in [3.05, 3.63) is 10.2 Å². The average molecular weight is 319 g/mol. The van der Waals surface area contributed by atoms with E-state index in [0.29, 0.717) is 6.61 Å². The minimum atomic E-state index is -1.82. The van der Waals surface area contributed by atoms with Gasteiger partial charge in [-0.15, -0.1) is 0 Å². The number of hydrogen-bond acceptors (Lipinski definition) is 2. The van der Waals surface area contributed by atoms with Crippen molar-refractivity contribution in [3.63, 3.8) is 0 Å². The van der Waals surface area contributed by atoms with Crippen molar-refractivity contribution in [1.29, 1.82) is 0 Å². The zero-order valence-corrected chi connectivity index (χ0v) is 13.4. The molecule has 0 radical (unpaired) electrons. The molecule has 0 unspecified atom stereocenters. The summed E-state index contributed by atoms with van der Waals surface area (Å²) in [6.45, 7) is 6.20. The van der Waals surface area contributed by atoms with Gasteiger partial charge in [0, 0.05) is 0 Å². The molecular formula is C12H24O2Sn. The molecule has 0 spiro atoms. The molecule has 0 aliphatic carbocycles. The second kappa shape index (κ2) is 7.31. The Hall–Kier alpha value is 0.00870. The summed E-state index contributed by atoms with van der Waals surface area (Å²) in [5, 5.41) is 0. The molecule has 2 nitrogen and oxygen atoms in total. The van der Waals surface area contributed by atoms with Crippen molar-refractivity contribution in [2.45, 2.75) is 47.4 Å². The monoisotopic (exact) mass is 320 g/mol. The number of esters is 1. The van der Waals surface area contributed by atoms with Crippen LogP contribution in [0.4, 0.5) is 0 Å². The maximum absolute atomic E-state index is 10.5. The Kier molecular flexibility index (Phi) is 7.31. The third-order valence-electron chi connectivity index (χ3n) is 2.49. The summed E-state index contributed by atoms with van der Waals surface area (Å²) in [7, 11) is 0. The number of rotatable bonds is 7. The number of allylic oxidation sites excluding steroid dienone is 1. The van der Waals surface area contributed by atoms with Gasteiger partial charge in [0.25, 0.3) is 0 Å². The third kappa shape index (κ3) is 8.97. The Balaban J connectivity index is 3.40. The average Bonchev–Trinajstić information content (AvgIpc) is 2.08. The van der Waals surface area contributed by atoms with Crippen molar-refractivity contribution in [3.8, 4) is 0 Å². The molecule has 0 aromatic carbocycles. The number of ether oxygens (including phenoxy) is 1. The first kappa shape index (κ1) is 15.0. The van der Waals surface area contributed by atoms with E-state index < -0.39 is 18.4 Å². The van der Waals surface area contributed by atoms with E-state index in [1.165, 1.54) is 23.4 Å². The van der Waals surface area contributed by atoms with Gasteiger partial charge in [0.2, 0.25) is 0 Å². The SMILES string of the molecule is C=[C](CCCCCOC(C)=O)[Sn]([CH3])([CH3])[CH3]. The van der Waals surface area contributed by atoms with Crippen LogP contribution in [0.15, 0.2) is 10.2 Å². The molecule has 15 heavy (non-hydrogen) atoms. The zero-order valence-electron chi connectivity index (χ0n) is 10.6. The van der Waals surface area contributed by atoms with Crippen molar-refractivity contribution < 1.29 is 9.53 Å². The summed E-state index contributed by atoms with van der Waals surface area (Å²) in [4.78, 5) is 17.7. The van der Waals surface area contributed by atoms with Gasteiger partial charge in [0.1, 0.15) is 0 Å². The van der Waals surface area contributed by atoms with Gasteiger partial charge in [-0.1, -0.05) is 0 Å². The van der Waals surface area contributed by atoms with Gasteiger partial charge >= 0.3 is 98.1 Å². The first-order valence-corrected chi connectivity index (χ1v) is 15.6. The Bertz CT molecular complexity index is 216. The van der Waals surface area contributed by atoms with E-state index in [2.05, 4.69) is 21.4 Å². The van der Waals surface area contributed by atoms with Crippen LogP contribution < -0.4 is 0 Å². The van der Waals surface area contributed by atoms with E-state index in [4.69, 9.17) is 4.74 Å². The second-order valence-electron chi connectivity index (χ2n) is 5.00. The number of unbranched alkanes of at least 4 members (excludes halogenated alkanes) is 2. The van der Waals surface area contributed by atoms with Gasteiger partial charge < -0.3 is 0 Å². The molecule has 0 aromatic heterocycles. The summed E-state index contributed by atoms with van der Waals surface area (Å²) >= 11 is -1.82. The van der Waals surface area contributed by atoms with E-state index in [0.717, 1.165) is 12.8 Å². The fourth-order valence-electron chi connectivity index (χ4n) is 1.21. The van der Waals surface area contributed by atoms with Crippen LogP contribution in [0, 0.1) is 0 Å². The molecule has 0 rings (SSSR count). The predicted octanol–water partition coefficient (Wildman–Crippen LogP) is 3.54. The zero-order chi connectivity index (χ0) is 11.9. The molecule has 3 heteroatoms. The van der Waals surface area contributed by atoms with Crippen molar-refractivity contribution in [2.75, 3.05) is 6.61 Å². The van der Waals surface area contributed by atoms with Crippen LogP contribution in [-0.4, -0.2) is 31.0 Å². The Morgan fingerprint density at radius 1 is 1.20 bits per heavy atom. The summed E-state index contributed by atoms with van der Waals surface area (Å²) < 4.78 is 6.38. The predicted molar refractivity (Wildman–Crippen MR) is 67.6 cm³/mol. The van der Waals surface area contributed by atoms with Crippen molar-refractivity contribution in [2.24, 2.45) is 0 Å². The molecule has 0 amide bonds. The number of carbonyl (C=O) groups is 1. The van der Waals surface area contributed by atoms with Gasteiger partial charge in [0.05, 0.1) is 0 Å². The molecule has 0 bridgehead atoms. The molecule has 0 aromatic rings. The standard InChI is InChI=1S/C9H15O2.3CH3.Sn/c1-3-4-5-6-7-8-11-9(2)10;;;;/h1,4-8H2,2H3;3*1H3;. The first-order valence-electron chi connectivity index (χ1n) is 5.65. The van der Waals surface area contributed by atoms with E-state index in [-0.39, 0.29) is 5.97 Å². The second-order valence-corrected chi connectivity index (χ2v) is 19.9.